The van der Waals surface area contributed by atoms with Gasteiger partial charge in [0.05, 0.1) is 4.75 Å². The van der Waals surface area contributed by atoms with Gasteiger partial charge in [0.25, 0.3) is 0 Å². The van der Waals surface area contributed by atoms with Crippen LogP contribution in [0.1, 0.15) is 50.5 Å². The molecular formula is C21H21FOS. The van der Waals surface area contributed by atoms with Crippen LogP contribution in [0.15, 0.2) is 47.4 Å². The lowest BCUT2D eigenvalue weighted by Crippen LogP contribution is -2.40. The molecule has 2 aromatic carbocycles. The van der Waals surface area contributed by atoms with Crippen LogP contribution in [-0.4, -0.2) is 10.5 Å². The Balaban J connectivity index is 1.69. The van der Waals surface area contributed by atoms with E-state index in [0.717, 1.165) is 41.2 Å². The van der Waals surface area contributed by atoms with Gasteiger partial charge in [-0.2, -0.15) is 0 Å². The Kier molecular flexibility index (Phi) is 4.00. The number of thioether (sulfide) groups is 1. The van der Waals surface area contributed by atoms with Crippen molar-refractivity contribution < 1.29 is 9.18 Å². The van der Waals surface area contributed by atoms with Crippen LogP contribution < -0.4 is 0 Å². The van der Waals surface area contributed by atoms with Crippen LogP contribution in [0.5, 0.6) is 0 Å². The van der Waals surface area contributed by atoms with Gasteiger partial charge >= 0.3 is 0 Å². The molecule has 0 spiro atoms. The van der Waals surface area contributed by atoms with Crippen molar-refractivity contribution in [1.82, 2.24) is 0 Å². The predicted octanol–water partition coefficient (Wildman–Crippen LogP) is 5.97. The predicted molar refractivity (Wildman–Crippen MR) is 96.9 cm³/mol. The van der Waals surface area contributed by atoms with Crippen molar-refractivity contribution in [3.63, 3.8) is 0 Å². The maximum atomic E-state index is 13.9. The first-order chi connectivity index (χ1) is 11.6. The summed E-state index contributed by atoms with van der Waals surface area (Å²) in [5.74, 6) is 0.723. The Morgan fingerprint density at radius 2 is 1.83 bits per heavy atom. The van der Waals surface area contributed by atoms with Gasteiger partial charge in [-0.3, -0.25) is 4.79 Å². The molecule has 3 heteroatoms. The fourth-order valence-corrected chi connectivity index (χ4v) is 4.88. The van der Waals surface area contributed by atoms with Gasteiger partial charge in [-0.25, -0.2) is 4.39 Å². The van der Waals surface area contributed by atoms with Crippen LogP contribution in [0.2, 0.25) is 0 Å². The third kappa shape index (κ3) is 2.90. The first-order valence-electron chi connectivity index (χ1n) is 8.67. The van der Waals surface area contributed by atoms with Crippen LogP contribution in [0, 0.1) is 5.82 Å². The molecule has 2 saturated carbocycles. The molecule has 0 saturated heterocycles. The molecule has 2 aliphatic carbocycles. The number of rotatable bonds is 5. The fourth-order valence-electron chi connectivity index (χ4n) is 3.40. The van der Waals surface area contributed by atoms with E-state index in [9.17, 15) is 9.18 Å². The Labute approximate surface area is 146 Å². The monoisotopic (exact) mass is 340 g/mol. The van der Waals surface area contributed by atoms with Gasteiger partial charge in [-0.15, -0.1) is 11.8 Å². The molecule has 0 amide bonds. The highest BCUT2D eigenvalue weighted by molar-refractivity contribution is 8.01. The molecule has 4 rings (SSSR count). The molecule has 0 aliphatic heterocycles. The molecule has 0 heterocycles. The zero-order valence-corrected chi connectivity index (χ0v) is 14.7. The Bertz CT molecular complexity index is 773. The van der Waals surface area contributed by atoms with Crippen LogP contribution in [0.25, 0.3) is 11.1 Å². The molecule has 0 N–H and O–H groups in total. The summed E-state index contributed by atoms with van der Waals surface area (Å²) >= 11 is 1.62. The van der Waals surface area contributed by atoms with Gasteiger partial charge in [-0.05, 0) is 79.8 Å². The van der Waals surface area contributed by atoms with E-state index in [4.69, 9.17) is 0 Å². The largest absolute Gasteiger partial charge is 0.298 e. The third-order valence-corrected chi connectivity index (χ3v) is 6.98. The first kappa shape index (κ1) is 15.9. The number of halogens is 1. The zero-order chi connectivity index (χ0) is 16.7. The third-order valence-electron chi connectivity index (χ3n) is 5.32. The quantitative estimate of drug-likeness (QED) is 0.666. The summed E-state index contributed by atoms with van der Waals surface area (Å²) in [6.07, 6.45) is 5.50. The highest BCUT2D eigenvalue weighted by atomic mass is 32.2. The molecule has 0 bridgehead atoms. The van der Waals surface area contributed by atoms with Gasteiger partial charge in [0, 0.05) is 4.90 Å². The zero-order valence-electron chi connectivity index (χ0n) is 13.8. The number of carbonyl (C=O) groups is 1. The van der Waals surface area contributed by atoms with Crippen LogP contribution in [0.3, 0.4) is 0 Å². The summed E-state index contributed by atoms with van der Waals surface area (Å²) in [6, 6.07) is 13.4. The van der Waals surface area contributed by atoms with Crippen LogP contribution in [0.4, 0.5) is 4.39 Å². The summed E-state index contributed by atoms with van der Waals surface area (Å²) in [5.41, 5.74) is 3.30. The number of hydrogen-bond acceptors (Lipinski definition) is 2. The van der Waals surface area contributed by atoms with E-state index in [1.807, 2.05) is 6.07 Å². The second kappa shape index (κ2) is 6.03. The van der Waals surface area contributed by atoms with E-state index in [-0.39, 0.29) is 16.3 Å². The lowest BCUT2D eigenvalue weighted by atomic mass is 9.81. The van der Waals surface area contributed by atoms with Crippen molar-refractivity contribution in [2.45, 2.75) is 54.6 Å². The van der Waals surface area contributed by atoms with E-state index in [1.54, 1.807) is 24.8 Å². The number of hydrogen-bond donors (Lipinski definition) is 0. The molecule has 0 atom stereocenters. The van der Waals surface area contributed by atoms with E-state index >= 15 is 0 Å². The highest BCUT2D eigenvalue weighted by Crippen LogP contribution is 2.50. The lowest BCUT2D eigenvalue weighted by molar-refractivity contribution is -0.121. The van der Waals surface area contributed by atoms with Gasteiger partial charge in [0.2, 0.25) is 0 Å². The topological polar surface area (TPSA) is 17.1 Å². The smallest absolute Gasteiger partial charge is 0.146 e. The van der Waals surface area contributed by atoms with Crippen molar-refractivity contribution >= 4 is 17.5 Å². The standard InChI is InChI=1S/C21H21FOS/c1-14(23)21(11-2-12-21)24-20-10-9-18(22)13-19(20)17-7-5-16(6-8-17)15-3-4-15/h5-10,13,15H,2-4,11-12H2,1H3. The minimum atomic E-state index is -0.305. The van der Waals surface area contributed by atoms with Crippen molar-refractivity contribution in [3.05, 3.63) is 53.8 Å². The van der Waals surface area contributed by atoms with Gasteiger partial charge in [0.1, 0.15) is 11.6 Å². The summed E-state index contributed by atoms with van der Waals surface area (Å²) < 4.78 is 13.6. The van der Waals surface area contributed by atoms with Gasteiger partial charge in [0.15, 0.2) is 0 Å². The number of benzene rings is 2. The molecule has 0 unspecified atom stereocenters. The average Bonchev–Trinajstić information content (AvgIpc) is 3.37. The van der Waals surface area contributed by atoms with E-state index in [2.05, 4.69) is 24.3 Å². The molecule has 0 aromatic heterocycles. The van der Waals surface area contributed by atoms with E-state index < -0.39 is 0 Å². The van der Waals surface area contributed by atoms with E-state index in [1.165, 1.54) is 24.5 Å². The molecule has 1 nitrogen and oxygen atoms in total. The Hall–Kier alpha value is -1.61. The lowest BCUT2D eigenvalue weighted by Gasteiger charge is -2.39. The first-order valence-corrected chi connectivity index (χ1v) is 9.49. The molecule has 2 aromatic rings. The molecule has 124 valence electrons. The summed E-state index contributed by atoms with van der Waals surface area (Å²) in [6.45, 7) is 1.68. The van der Waals surface area contributed by atoms with Gasteiger partial charge < -0.3 is 0 Å². The Morgan fingerprint density at radius 3 is 2.38 bits per heavy atom. The fraction of sp³-hybridized carbons (Fsp3) is 0.381. The second-order valence-corrected chi connectivity index (χ2v) is 8.47. The maximum absolute atomic E-state index is 13.9. The average molecular weight is 340 g/mol. The minimum Gasteiger partial charge on any atom is -0.298 e. The normalized spacial score (nSPS) is 18.9. The number of carbonyl (C=O) groups excluding carboxylic acids is 1. The molecule has 24 heavy (non-hydrogen) atoms. The number of ketones is 1. The van der Waals surface area contributed by atoms with Gasteiger partial charge in [-0.1, -0.05) is 24.3 Å². The SMILES string of the molecule is CC(=O)C1(Sc2ccc(F)cc2-c2ccc(C3CC3)cc2)CCC1. The molecule has 2 aliphatic rings. The molecule has 0 radical (unpaired) electrons. The van der Waals surface area contributed by atoms with Crippen molar-refractivity contribution in [2.24, 2.45) is 0 Å². The summed E-state index contributed by atoms with van der Waals surface area (Å²) in [5, 5.41) is 0. The van der Waals surface area contributed by atoms with Crippen molar-refractivity contribution in [1.29, 1.82) is 0 Å². The van der Waals surface area contributed by atoms with Crippen LogP contribution >= 0.6 is 11.8 Å². The number of Topliss-reactive ketones (excluding diaryl/α,β-unsaturated/α-hetero) is 1. The van der Waals surface area contributed by atoms with Crippen molar-refractivity contribution in [2.75, 3.05) is 0 Å². The second-order valence-electron chi connectivity index (χ2n) is 7.04. The maximum Gasteiger partial charge on any atom is 0.146 e. The van der Waals surface area contributed by atoms with Crippen LogP contribution in [-0.2, 0) is 4.79 Å². The molecular weight excluding hydrogens is 319 g/mol. The Morgan fingerprint density at radius 1 is 1.12 bits per heavy atom. The minimum absolute atomic E-state index is 0.230. The van der Waals surface area contributed by atoms with E-state index in [0.29, 0.717) is 0 Å². The highest BCUT2D eigenvalue weighted by Gasteiger charge is 2.43. The van der Waals surface area contributed by atoms with Crippen molar-refractivity contribution in [3.8, 4) is 11.1 Å². The summed E-state index contributed by atoms with van der Waals surface area (Å²) in [7, 11) is 0. The summed E-state index contributed by atoms with van der Waals surface area (Å²) in [4.78, 5) is 13.1. The molecule has 2 fully saturated rings.